The molecule has 5 N–H and O–H groups in total. The minimum atomic E-state index is -0.482. The van der Waals surface area contributed by atoms with Gasteiger partial charge in [0.25, 0.3) is 5.91 Å². The van der Waals surface area contributed by atoms with Gasteiger partial charge < -0.3 is 16.8 Å². The van der Waals surface area contributed by atoms with Crippen LogP contribution in [0.5, 0.6) is 0 Å². The molecular weight excluding hydrogens is 202 g/mol. The number of para-hydroxylation sites is 1. The molecular formula is C12H17N3O. The van der Waals surface area contributed by atoms with Crippen molar-refractivity contribution in [1.29, 1.82) is 0 Å². The molecule has 1 aliphatic rings. The number of carbonyl (C=O) groups is 1. The van der Waals surface area contributed by atoms with Crippen molar-refractivity contribution in [2.45, 2.75) is 19.3 Å². The van der Waals surface area contributed by atoms with Gasteiger partial charge in [0.1, 0.15) is 0 Å². The van der Waals surface area contributed by atoms with Gasteiger partial charge >= 0.3 is 0 Å². The number of anilines is 2. The van der Waals surface area contributed by atoms with Crippen LogP contribution in [-0.4, -0.2) is 12.5 Å². The van der Waals surface area contributed by atoms with E-state index in [4.69, 9.17) is 11.5 Å². The summed E-state index contributed by atoms with van der Waals surface area (Å²) in [5, 5.41) is 3.28. The lowest BCUT2D eigenvalue weighted by molar-refractivity contribution is 0.100. The fourth-order valence-corrected chi connectivity index (χ4v) is 1.89. The first kappa shape index (κ1) is 10.8. The molecule has 0 heterocycles. The first-order valence-corrected chi connectivity index (χ1v) is 5.60. The minimum absolute atomic E-state index is 0.388. The summed E-state index contributed by atoms with van der Waals surface area (Å²) in [7, 11) is 0. The fourth-order valence-electron chi connectivity index (χ4n) is 1.89. The van der Waals surface area contributed by atoms with E-state index in [2.05, 4.69) is 5.32 Å². The van der Waals surface area contributed by atoms with Crippen LogP contribution >= 0.6 is 0 Å². The molecule has 0 aliphatic heterocycles. The van der Waals surface area contributed by atoms with Crippen LogP contribution in [0.4, 0.5) is 11.4 Å². The Hall–Kier alpha value is -1.71. The predicted molar refractivity (Wildman–Crippen MR) is 65.2 cm³/mol. The van der Waals surface area contributed by atoms with Crippen LogP contribution in [0.15, 0.2) is 18.2 Å². The van der Waals surface area contributed by atoms with Crippen molar-refractivity contribution in [2.75, 3.05) is 17.6 Å². The number of nitrogens with one attached hydrogen (secondary N) is 1. The van der Waals surface area contributed by atoms with Gasteiger partial charge in [-0.25, -0.2) is 0 Å². The molecule has 0 atom stereocenters. The summed E-state index contributed by atoms with van der Waals surface area (Å²) in [6.07, 6.45) is 3.88. The highest BCUT2D eigenvalue weighted by molar-refractivity contribution is 6.00. The molecule has 1 aromatic carbocycles. The average Bonchev–Trinajstić information content (AvgIpc) is 2.17. The molecule has 1 saturated carbocycles. The summed E-state index contributed by atoms with van der Waals surface area (Å²) >= 11 is 0. The number of hydrogen-bond acceptors (Lipinski definition) is 3. The molecule has 16 heavy (non-hydrogen) atoms. The number of nitrogens with two attached hydrogens (primary N) is 2. The number of primary amides is 1. The largest absolute Gasteiger partial charge is 0.396 e. The van der Waals surface area contributed by atoms with Gasteiger partial charge in [-0.3, -0.25) is 4.79 Å². The van der Waals surface area contributed by atoms with E-state index in [-0.39, 0.29) is 0 Å². The number of benzene rings is 1. The number of hydrogen-bond donors (Lipinski definition) is 3. The molecule has 4 heteroatoms. The van der Waals surface area contributed by atoms with Gasteiger partial charge in [0.15, 0.2) is 0 Å². The van der Waals surface area contributed by atoms with Gasteiger partial charge in [0.05, 0.1) is 16.9 Å². The number of nitrogen functional groups attached to an aromatic ring is 1. The Kier molecular flexibility index (Phi) is 2.99. The van der Waals surface area contributed by atoms with Gasteiger partial charge in [0, 0.05) is 6.54 Å². The van der Waals surface area contributed by atoms with Crippen molar-refractivity contribution in [3.8, 4) is 0 Å². The SMILES string of the molecule is NC(=O)c1cccc(NCC2CCC2)c1N. The summed E-state index contributed by atoms with van der Waals surface area (Å²) < 4.78 is 0. The summed E-state index contributed by atoms with van der Waals surface area (Å²) in [5.74, 6) is 0.265. The van der Waals surface area contributed by atoms with Crippen molar-refractivity contribution < 1.29 is 4.79 Å². The molecule has 1 amide bonds. The molecule has 2 rings (SSSR count). The van der Waals surface area contributed by atoms with E-state index in [9.17, 15) is 4.79 Å². The van der Waals surface area contributed by atoms with Crippen molar-refractivity contribution >= 4 is 17.3 Å². The molecule has 0 saturated heterocycles. The van der Waals surface area contributed by atoms with Crippen molar-refractivity contribution in [1.82, 2.24) is 0 Å². The zero-order valence-electron chi connectivity index (χ0n) is 9.20. The average molecular weight is 219 g/mol. The van der Waals surface area contributed by atoms with Crippen LogP contribution in [0.25, 0.3) is 0 Å². The summed E-state index contributed by atoms with van der Waals surface area (Å²) in [6.45, 7) is 0.923. The molecule has 4 nitrogen and oxygen atoms in total. The molecule has 0 radical (unpaired) electrons. The van der Waals surface area contributed by atoms with Gasteiger partial charge in [-0.15, -0.1) is 0 Å². The van der Waals surface area contributed by atoms with Gasteiger partial charge in [-0.05, 0) is 30.9 Å². The van der Waals surface area contributed by atoms with E-state index in [1.165, 1.54) is 19.3 Å². The lowest BCUT2D eigenvalue weighted by atomic mass is 9.85. The van der Waals surface area contributed by atoms with Crippen LogP contribution in [0.1, 0.15) is 29.6 Å². The van der Waals surface area contributed by atoms with Crippen LogP contribution in [0, 0.1) is 5.92 Å². The standard InChI is InChI=1S/C12H17N3O/c13-11-9(12(14)16)5-2-6-10(11)15-7-8-3-1-4-8/h2,5-6,8,15H,1,3-4,7,13H2,(H2,14,16). The zero-order chi connectivity index (χ0) is 11.5. The van der Waals surface area contributed by atoms with Crippen molar-refractivity contribution in [2.24, 2.45) is 11.7 Å². The molecule has 86 valence electrons. The van der Waals surface area contributed by atoms with Crippen molar-refractivity contribution in [3.05, 3.63) is 23.8 Å². The molecule has 1 aromatic rings. The first-order valence-electron chi connectivity index (χ1n) is 5.60. The normalized spacial score (nSPS) is 15.5. The lowest BCUT2D eigenvalue weighted by Gasteiger charge is -2.26. The highest BCUT2D eigenvalue weighted by Crippen LogP contribution is 2.28. The zero-order valence-corrected chi connectivity index (χ0v) is 9.20. The van der Waals surface area contributed by atoms with E-state index in [1.807, 2.05) is 6.07 Å². The Balaban J connectivity index is 2.07. The van der Waals surface area contributed by atoms with E-state index in [0.717, 1.165) is 18.2 Å². The molecule has 0 spiro atoms. The number of carbonyl (C=O) groups excluding carboxylic acids is 1. The monoisotopic (exact) mass is 219 g/mol. The summed E-state index contributed by atoms with van der Waals surface area (Å²) in [5.41, 5.74) is 12.7. The highest BCUT2D eigenvalue weighted by atomic mass is 16.1. The second-order valence-electron chi connectivity index (χ2n) is 4.31. The summed E-state index contributed by atoms with van der Waals surface area (Å²) in [4.78, 5) is 11.1. The topological polar surface area (TPSA) is 81.1 Å². The molecule has 1 aliphatic carbocycles. The van der Waals surface area contributed by atoms with E-state index >= 15 is 0 Å². The number of amides is 1. The molecule has 0 aromatic heterocycles. The third-order valence-electron chi connectivity index (χ3n) is 3.18. The second kappa shape index (κ2) is 4.43. The minimum Gasteiger partial charge on any atom is -0.396 e. The van der Waals surface area contributed by atoms with Crippen LogP contribution in [0.3, 0.4) is 0 Å². The Morgan fingerprint density at radius 3 is 2.75 bits per heavy atom. The van der Waals surface area contributed by atoms with Crippen LogP contribution in [-0.2, 0) is 0 Å². The first-order chi connectivity index (χ1) is 7.68. The lowest BCUT2D eigenvalue weighted by Crippen LogP contribution is -2.22. The highest BCUT2D eigenvalue weighted by Gasteiger charge is 2.17. The maximum absolute atomic E-state index is 11.1. The third kappa shape index (κ3) is 2.10. The Bertz CT molecular complexity index is 399. The van der Waals surface area contributed by atoms with Crippen molar-refractivity contribution in [3.63, 3.8) is 0 Å². The van der Waals surface area contributed by atoms with Gasteiger partial charge in [0.2, 0.25) is 0 Å². The second-order valence-corrected chi connectivity index (χ2v) is 4.31. The van der Waals surface area contributed by atoms with E-state index in [0.29, 0.717) is 11.3 Å². The fraction of sp³-hybridized carbons (Fsp3) is 0.417. The molecule has 0 bridgehead atoms. The molecule has 0 unspecified atom stereocenters. The predicted octanol–water partition coefficient (Wildman–Crippen LogP) is 1.58. The number of rotatable bonds is 4. The Labute approximate surface area is 95.0 Å². The Morgan fingerprint density at radius 2 is 2.19 bits per heavy atom. The van der Waals surface area contributed by atoms with Crippen LogP contribution < -0.4 is 16.8 Å². The molecule has 1 fully saturated rings. The summed E-state index contributed by atoms with van der Waals surface area (Å²) in [6, 6.07) is 5.31. The van der Waals surface area contributed by atoms with E-state index in [1.54, 1.807) is 12.1 Å². The maximum atomic E-state index is 11.1. The van der Waals surface area contributed by atoms with Gasteiger partial charge in [-0.2, -0.15) is 0 Å². The van der Waals surface area contributed by atoms with E-state index < -0.39 is 5.91 Å². The maximum Gasteiger partial charge on any atom is 0.250 e. The third-order valence-corrected chi connectivity index (χ3v) is 3.18. The smallest absolute Gasteiger partial charge is 0.250 e. The quantitative estimate of drug-likeness (QED) is 0.672. The van der Waals surface area contributed by atoms with Gasteiger partial charge in [-0.1, -0.05) is 12.5 Å². The Morgan fingerprint density at radius 1 is 1.44 bits per heavy atom. The van der Waals surface area contributed by atoms with Crippen LogP contribution in [0.2, 0.25) is 0 Å².